The molecule has 0 fully saturated rings. The van der Waals surface area contributed by atoms with E-state index < -0.39 is 0 Å². The third-order valence-corrected chi connectivity index (χ3v) is 0. The van der Waals surface area contributed by atoms with Crippen LogP contribution < -0.4 is 29.6 Å². The van der Waals surface area contributed by atoms with E-state index in [2.05, 4.69) is 0 Å². The van der Waals surface area contributed by atoms with Crippen LogP contribution in [-0.2, 0) is 0 Å². The summed E-state index contributed by atoms with van der Waals surface area (Å²) in [5.74, 6) is 0. The fraction of sp³-hybridized carbons (Fsp3) is 0. The SMILES string of the molecule is Cl.Cl.Cl.[AlH3].[H-].[Na+]. The van der Waals surface area contributed by atoms with Crippen LogP contribution in [0.3, 0.4) is 0 Å². The first-order chi connectivity index (χ1) is 0. The smallest absolute Gasteiger partial charge is 1.00 e. The van der Waals surface area contributed by atoms with Crippen molar-refractivity contribution in [1.29, 1.82) is 0 Å². The molecule has 0 unspecified atom stereocenters. The van der Waals surface area contributed by atoms with Gasteiger partial charge in [-0.2, -0.15) is 0 Å². The first-order valence-corrected chi connectivity index (χ1v) is 0. The van der Waals surface area contributed by atoms with Crippen molar-refractivity contribution < 1.29 is 31.0 Å². The summed E-state index contributed by atoms with van der Waals surface area (Å²) >= 11 is 0. The minimum absolute atomic E-state index is 0. The summed E-state index contributed by atoms with van der Waals surface area (Å²) < 4.78 is 0. The number of halogens is 3. The normalized spacial score (nSPS) is 0. The van der Waals surface area contributed by atoms with Crippen molar-refractivity contribution in [3.63, 3.8) is 0 Å². The Kier molecular flexibility index (Phi) is 340. The van der Waals surface area contributed by atoms with Crippen LogP contribution in [0.5, 0.6) is 0 Å². The standard InChI is InChI=1S/Al.3ClH.Na.4H/h;3*1H;;;;;/q;;;;+1;;;;-1. The Labute approximate surface area is 84.6 Å². The summed E-state index contributed by atoms with van der Waals surface area (Å²) in [7, 11) is 0. The third-order valence-electron chi connectivity index (χ3n) is 0. The van der Waals surface area contributed by atoms with Crippen LogP contribution in [0.1, 0.15) is 1.43 Å². The fourth-order valence-electron chi connectivity index (χ4n) is 0. The zero-order chi connectivity index (χ0) is 0. The van der Waals surface area contributed by atoms with Crippen molar-refractivity contribution in [1.82, 2.24) is 0 Å². The quantitative estimate of drug-likeness (QED) is 0.339. The molecule has 0 atom stereocenters. The third kappa shape index (κ3) is 21.5. The summed E-state index contributed by atoms with van der Waals surface area (Å²) in [6.07, 6.45) is 0. The Morgan fingerprint density at radius 1 is 0.800 bits per heavy atom. The minimum Gasteiger partial charge on any atom is -1.00 e. The molecule has 0 spiro atoms. The van der Waals surface area contributed by atoms with Crippen molar-refractivity contribution in [2.75, 3.05) is 0 Å². The van der Waals surface area contributed by atoms with E-state index in [9.17, 15) is 0 Å². The average molecular weight is 163 g/mol. The van der Waals surface area contributed by atoms with Gasteiger partial charge in [0.1, 0.15) is 0 Å². The Morgan fingerprint density at radius 2 is 0.800 bits per heavy atom. The molecule has 0 aromatic heterocycles. The summed E-state index contributed by atoms with van der Waals surface area (Å²) in [4.78, 5) is 0. The Morgan fingerprint density at radius 3 is 0.800 bits per heavy atom. The van der Waals surface area contributed by atoms with Gasteiger partial charge in [-0.25, -0.2) is 0 Å². The van der Waals surface area contributed by atoms with Crippen LogP contribution in [0.25, 0.3) is 0 Å². The molecule has 0 saturated carbocycles. The fourth-order valence-corrected chi connectivity index (χ4v) is 0. The summed E-state index contributed by atoms with van der Waals surface area (Å²) in [5.41, 5.74) is 0. The van der Waals surface area contributed by atoms with E-state index in [1.807, 2.05) is 0 Å². The van der Waals surface area contributed by atoms with Crippen LogP contribution in [0.15, 0.2) is 0 Å². The predicted molar refractivity (Wildman–Crippen MR) is 32.8 cm³/mol. The van der Waals surface area contributed by atoms with E-state index in [-0.39, 0.29) is 85.6 Å². The van der Waals surface area contributed by atoms with Gasteiger partial charge in [-0.15, -0.1) is 37.2 Å². The molecular weight excluding hydrogens is 156 g/mol. The molecule has 32 valence electrons. The van der Waals surface area contributed by atoms with Crippen molar-refractivity contribution in [3.8, 4) is 0 Å². The van der Waals surface area contributed by atoms with Crippen LogP contribution in [0, 0.1) is 0 Å². The Balaban J connectivity index is 0. The minimum atomic E-state index is 0. The maximum atomic E-state index is 0. The molecule has 0 aromatic carbocycles. The second kappa shape index (κ2) is 32.4. The van der Waals surface area contributed by atoms with E-state index in [1.54, 1.807) is 0 Å². The van der Waals surface area contributed by atoms with Crippen LogP contribution in [-0.4, -0.2) is 17.4 Å². The Bertz CT molecular complexity index is 10.8. The van der Waals surface area contributed by atoms with Gasteiger partial charge < -0.3 is 1.43 Å². The molecule has 0 aromatic rings. The molecule has 5 heavy (non-hydrogen) atoms. The van der Waals surface area contributed by atoms with Gasteiger partial charge >= 0.3 is 29.6 Å². The molecule has 0 radical (unpaired) electrons. The average Bonchev–Trinajstić information content (AvgIpc) is 0. The van der Waals surface area contributed by atoms with E-state index >= 15 is 0 Å². The van der Waals surface area contributed by atoms with Crippen molar-refractivity contribution in [2.45, 2.75) is 0 Å². The summed E-state index contributed by atoms with van der Waals surface area (Å²) in [5, 5.41) is 0. The van der Waals surface area contributed by atoms with Crippen LogP contribution in [0.4, 0.5) is 0 Å². The molecule has 5 heteroatoms. The zero-order valence-electron chi connectivity index (χ0n) is 3.22. The Hall–Kier alpha value is 2.40. The van der Waals surface area contributed by atoms with E-state index in [0.717, 1.165) is 0 Å². The first-order valence-electron chi connectivity index (χ1n) is 0. The summed E-state index contributed by atoms with van der Waals surface area (Å²) in [6.45, 7) is 0. The molecule has 0 aliphatic heterocycles. The maximum Gasteiger partial charge on any atom is 1.00 e. The van der Waals surface area contributed by atoms with E-state index in [1.165, 1.54) is 0 Å². The number of rotatable bonds is 0. The van der Waals surface area contributed by atoms with Crippen molar-refractivity contribution >= 4 is 54.6 Å². The van der Waals surface area contributed by atoms with Crippen LogP contribution in [0.2, 0.25) is 0 Å². The maximum absolute atomic E-state index is 0. The molecular formula is H7AlCl3Na. The predicted octanol–water partition coefficient (Wildman–Crippen LogP) is -2.80. The largest absolute Gasteiger partial charge is 1.00 e. The second-order valence-corrected chi connectivity index (χ2v) is 0. The van der Waals surface area contributed by atoms with Gasteiger partial charge in [0.25, 0.3) is 0 Å². The first kappa shape index (κ1) is 52.6. The van der Waals surface area contributed by atoms with Gasteiger partial charge in [-0.1, -0.05) is 0 Å². The molecule has 0 saturated heterocycles. The van der Waals surface area contributed by atoms with Crippen LogP contribution >= 0.6 is 37.2 Å². The van der Waals surface area contributed by atoms with Crippen molar-refractivity contribution in [2.24, 2.45) is 0 Å². The topological polar surface area (TPSA) is 0 Å². The molecule has 0 rings (SSSR count). The monoisotopic (exact) mass is 162 g/mol. The summed E-state index contributed by atoms with van der Waals surface area (Å²) in [6, 6.07) is 0. The zero-order valence-corrected chi connectivity index (χ0v) is 6.67. The molecule has 0 heterocycles. The van der Waals surface area contributed by atoms with Gasteiger partial charge in [0.05, 0.1) is 0 Å². The van der Waals surface area contributed by atoms with Gasteiger partial charge in [-0.05, 0) is 0 Å². The number of hydrogen-bond acceptors (Lipinski definition) is 0. The molecule has 0 aliphatic carbocycles. The van der Waals surface area contributed by atoms with E-state index in [4.69, 9.17) is 0 Å². The van der Waals surface area contributed by atoms with Gasteiger partial charge in [-0.3, -0.25) is 0 Å². The van der Waals surface area contributed by atoms with Crippen molar-refractivity contribution in [3.05, 3.63) is 0 Å². The molecule has 0 nitrogen and oxygen atoms in total. The molecule has 0 aliphatic rings. The van der Waals surface area contributed by atoms with Gasteiger partial charge in [0.15, 0.2) is 17.4 Å². The molecule has 0 N–H and O–H groups in total. The van der Waals surface area contributed by atoms with E-state index in [0.29, 0.717) is 0 Å². The van der Waals surface area contributed by atoms with Gasteiger partial charge in [0.2, 0.25) is 0 Å². The van der Waals surface area contributed by atoms with Gasteiger partial charge in [0, 0.05) is 0 Å². The second-order valence-electron chi connectivity index (χ2n) is 0. The number of hydrogen-bond donors (Lipinski definition) is 0. The molecule has 0 amide bonds. The molecule has 0 bridgehead atoms.